The van der Waals surface area contributed by atoms with Gasteiger partial charge in [0.25, 0.3) is 5.97 Å². The van der Waals surface area contributed by atoms with E-state index >= 15 is 0 Å². The van der Waals surface area contributed by atoms with Crippen molar-refractivity contribution < 1.29 is 19.8 Å². The van der Waals surface area contributed by atoms with Gasteiger partial charge in [-0.05, 0) is 23.6 Å². The van der Waals surface area contributed by atoms with E-state index in [1.54, 1.807) is 12.4 Å². The van der Waals surface area contributed by atoms with Gasteiger partial charge in [-0.3, -0.25) is 14.6 Å². The van der Waals surface area contributed by atoms with Crippen molar-refractivity contribution in [1.29, 1.82) is 0 Å². The molecule has 3 N–H and O–H groups in total. The van der Waals surface area contributed by atoms with E-state index in [0.717, 1.165) is 12.5 Å². The average molecular weight is 268 g/mol. The van der Waals surface area contributed by atoms with E-state index in [2.05, 4.69) is 10.3 Å². The predicted molar refractivity (Wildman–Crippen MR) is 70.6 cm³/mol. The highest BCUT2D eigenvalue weighted by Crippen LogP contribution is 2.04. The van der Waals surface area contributed by atoms with Crippen LogP contribution in [-0.4, -0.2) is 33.2 Å². The van der Waals surface area contributed by atoms with Crippen LogP contribution in [0.3, 0.4) is 0 Å². The number of nitrogens with zero attached hydrogens (tertiary/aromatic N) is 1. The molecule has 19 heavy (non-hydrogen) atoms. The number of hydrogen-bond donors (Lipinski definition) is 3. The number of carboxylic acid groups (broad SMARTS) is 2. The molecule has 0 radical (unpaired) electrons. The number of carbonyl (C=O) groups is 2. The van der Waals surface area contributed by atoms with Crippen molar-refractivity contribution in [2.75, 3.05) is 0 Å². The molecule has 0 amide bonds. The number of aliphatic carboxylic acids is 2. The summed E-state index contributed by atoms with van der Waals surface area (Å²) in [7, 11) is 0. The van der Waals surface area contributed by atoms with Crippen LogP contribution in [0.15, 0.2) is 24.5 Å². The molecule has 6 nitrogen and oxygen atoms in total. The second kappa shape index (κ2) is 9.04. The lowest BCUT2D eigenvalue weighted by atomic mass is 10.0. The van der Waals surface area contributed by atoms with E-state index in [0.29, 0.717) is 6.54 Å². The Morgan fingerprint density at radius 2 is 1.74 bits per heavy atom. The second-order valence-corrected chi connectivity index (χ2v) is 4.32. The number of hydrogen-bond acceptors (Lipinski definition) is 4. The van der Waals surface area contributed by atoms with Crippen LogP contribution in [0.4, 0.5) is 0 Å². The summed E-state index contributed by atoms with van der Waals surface area (Å²) < 4.78 is 0. The van der Waals surface area contributed by atoms with E-state index < -0.39 is 18.0 Å². The molecular formula is C13H20N2O4. The third-order valence-corrected chi connectivity index (χ3v) is 2.21. The Hall–Kier alpha value is -1.95. The second-order valence-electron chi connectivity index (χ2n) is 4.32. The fourth-order valence-corrected chi connectivity index (χ4v) is 1.34. The number of nitrogens with one attached hydrogen (secondary N) is 1. The van der Waals surface area contributed by atoms with Gasteiger partial charge in [0.15, 0.2) is 0 Å². The fraction of sp³-hybridized carbons (Fsp3) is 0.462. The third-order valence-electron chi connectivity index (χ3n) is 2.21. The molecule has 0 aliphatic carbocycles. The topological polar surface area (TPSA) is 99.5 Å². The maximum atomic E-state index is 10.9. The molecule has 106 valence electrons. The molecule has 0 aliphatic heterocycles. The summed E-state index contributed by atoms with van der Waals surface area (Å²) in [5.41, 5.74) is 1.04. The highest BCUT2D eigenvalue weighted by molar-refractivity contribution is 5.73. The lowest BCUT2D eigenvalue weighted by Gasteiger charge is -2.17. The van der Waals surface area contributed by atoms with Crippen LogP contribution in [0.5, 0.6) is 0 Å². The number of carboxylic acids is 2. The van der Waals surface area contributed by atoms with Crippen LogP contribution in [0.1, 0.15) is 26.3 Å². The van der Waals surface area contributed by atoms with Crippen molar-refractivity contribution in [2.24, 2.45) is 5.92 Å². The van der Waals surface area contributed by atoms with Gasteiger partial charge in [-0.25, -0.2) is 0 Å². The van der Waals surface area contributed by atoms with Crippen molar-refractivity contribution in [1.82, 2.24) is 10.3 Å². The largest absolute Gasteiger partial charge is 0.481 e. The molecule has 0 saturated heterocycles. The number of pyridine rings is 1. The Balaban J connectivity index is 0.000000711. The summed E-state index contributed by atoms with van der Waals surface area (Å²) in [6, 6.07) is 3.23. The first kappa shape index (κ1) is 17.1. The maximum Gasteiger partial charge on any atom is 0.320 e. The van der Waals surface area contributed by atoms with E-state index in [1.807, 2.05) is 26.0 Å². The molecule has 0 fully saturated rings. The molecular weight excluding hydrogens is 248 g/mol. The van der Waals surface area contributed by atoms with Crippen molar-refractivity contribution in [3.05, 3.63) is 30.1 Å². The van der Waals surface area contributed by atoms with E-state index in [1.165, 1.54) is 0 Å². The summed E-state index contributed by atoms with van der Waals surface area (Å²) in [6.07, 6.45) is 3.39. The smallest absolute Gasteiger partial charge is 0.320 e. The predicted octanol–water partition coefficient (Wildman–Crippen LogP) is 1.37. The fourth-order valence-electron chi connectivity index (χ4n) is 1.34. The van der Waals surface area contributed by atoms with Gasteiger partial charge in [-0.15, -0.1) is 0 Å². The minimum absolute atomic E-state index is 0.0735. The van der Waals surface area contributed by atoms with Gasteiger partial charge in [0, 0.05) is 25.9 Å². The van der Waals surface area contributed by atoms with Gasteiger partial charge >= 0.3 is 5.97 Å². The molecule has 0 aliphatic rings. The van der Waals surface area contributed by atoms with Crippen LogP contribution in [0.2, 0.25) is 0 Å². The molecule has 1 heterocycles. The molecule has 0 aromatic carbocycles. The zero-order valence-corrected chi connectivity index (χ0v) is 11.3. The normalized spacial score (nSPS) is 11.4. The molecule has 1 aromatic rings. The summed E-state index contributed by atoms with van der Waals surface area (Å²) in [4.78, 5) is 23.8. The Labute approximate surface area is 112 Å². The molecule has 1 unspecified atom stereocenters. The zero-order valence-electron chi connectivity index (χ0n) is 11.3. The highest BCUT2D eigenvalue weighted by Gasteiger charge is 2.20. The van der Waals surface area contributed by atoms with E-state index in [9.17, 15) is 4.79 Å². The lowest BCUT2D eigenvalue weighted by molar-refractivity contribution is -0.140. The Kier molecular flexibility index (Phi) is 8.12. The molecule has 0 saturated carbocycles. The highest BCUT2D eigenvalue weighted by atomic mass is 16.4. The Morgan fingerprint density at radius 1 is 1.26 bits per heavy atom. The van der Waals surface area contributed by atoms with Crippen molar-refractivity contribution >= 4 is 11.9 Å². The zero-order chi connectivity index (χ0) is 14.8. The molecule has 0 bridgehead atoms. The Bertz CT molecular complexity index is 389. The van der Waals surface area contributed by atoms with Gasteiger partial charge in [-0.1, -0.05) is 13.8 Å². The first-order valence-electron chi connectivity index (χ1n) is 5.89. The summed E-state index contributed by atoms with van der Waals surface area (Å²) in [5, 5.41) is 19.4. The molecule has 6 heteroatoms. The molecule has 1 atom stereocenters. The molecule has 1 aromatic heterocycles. The van der Waals surface area contributed by atoms with Crippen molar-refractivity contribution in [2.45, 2.75) is 33.4 Å². The van der Waals surface area contributed by atoms with Crippen LogP contribution in [0, 0.1) is 5.92 Å². The minimum Gasteiger partial charge on any atom is -0.481 e. The van der Waals surface area contributed by atoms with Gasteiger partial charge < -0.3 is 15.5 Å². The minimum atomic E-state index is -0.833. The standard InChI is InChI=1S/C11H16N2O2.C2H4O2/c1-8(2)10(11(14)15)13-7-9-3-5-12-6-4-9;1-2(3)4/h3-6,8,10,13H,7H2,1-2H3,(H,14,15);1H3,(H,3,4). The van der Waals surface area contributed by atoms with Crippen LogP contribution in [0.25, 0.3) is 0 Å². The summed E-state index contributed by atoms with van der Waals surface area (Å²) in [5.74, 6) is -1.57. The Morgan fingerprint density at radius 3 is 2.11 bits per heavy atom. The summed E-state index contributed by atoms with van der Waals surface area (Å²) >= 11 is 0. The van der Waals surface area contributed by atoms with Gasteiger partial charge in [0.2, 0.25) is 0 Å². The van der Waals surface area contributed by atoms with Crippen molar-refractivity contribution in [3.8, 4) is 0 Å². The number of aromatic nitrogens is 1. The maximum absolute atomic E-state index is 10.9. The first-order valence-corrected chi connectivity index (χ1v) is 5.89. The SMILES string of the molecule is CC(=O)O.CC(C)C(NCc1ccncc1)C(=O)O. The van der Waals surface area contributed by atoms with Crippen molar-refractivity contribution in [3.63, 3.8) is 0 Å². The quantitative estimate of drug-likeness (QED) is 0.746. The van der Waals surface area contributed by atoms with Crippen LogP contribution in [-0.2, 0) is 16.1 Å². The lowest BCUT2D eigenvalue weighted by Crippen LogP contribution is -2.40. The third kappa shape index (κ3) is 8.73. The molecule has 1 rings (SSSR count). The van der Waals surface area contributed by atoms with Gasteiger partial charge in [0.05, 0.1) is 0 Å². The average Bonchev–Trinajstić information content (AvgIpc) is 2.28. The van der Waals surface area contributed by atoms with E-state index in [4.69, 9.17) is 15.0 Å². The summed E-state index contributed by atoms with van der Waals surface area (Å²) in [6.45, 7) is 5.41. The molecule has 0 spiro atoms. The van der Waals surface area contributed by atoms with Gasteiger partial charge in [0.1, 0.15) is 6.04 Å². The van der Waals surface area contributed by atoms with E-state index in [-0.39, 0.29) is 5.92 Å². The van der Waals surface area contributed by atoms with Gasteiger partial charge in [-0.2, -0.15) is 0 Å². The van der Waals surface area contributed by atoms with Crippen LogP contribution >= 0.6 is 0 Å². The first-order chi connectivity index (χ1) is 8.84. The monoisotopic (exact) mass is 268 g/mol. The van der Waals surface area contributed by atoms with Crippen LogP contribution < -0.4 is 5.32 Å². The number of rotatable bonds is 5.